The maximum absolute atomic E-state index is 10.8. The van der Waals surface area contributed by atoms with Crippen molar-refractivity contribution in [3.8, 4) is 0 Å². The van der Waals surface area contributed by atoms with E-state index in [1.54, 1.807) is 14.2 Å². The Hall–Kier alpha value is -0.170. The van der Waals surface area contributed by atoms with Crippen LogP contribution in [0.2, 0.25) is 0 Å². The first-order valence-corrected chi connectivity index (χ1v) is 6.46. The highest BCUT2D eigenvalue weighted by molar-refractivity contribution is 7.90. The summed E-state index contributed by atoms with van der Waals surface area (Å²) in [5.41, 5.74) is 0. The molecule has 0 aromatic carbocycles. The molecule has 1 atom stereocenters. The van der Waals surface area contributed by atoms with E-state index in [-0.39, 0.29) is 11.9 Å². The van der Waals surface area contributed by atoms with Crippen LogP contribution >= 0.6 is 0 Å². The predicted molar refractivity (Wildman–Crippen MR) is 55.3 cm³/mol. The van der Waals surface area contributed by atoms with Crippen LogP contribution in [-0.4, -0.2) is 60.4 Å². The number of methoxy groups -OCH3 is 2. The molecule has 0 saturated heterocycles. The second kappa shape index (κ2) is 7.17. The lowest BCUT2D eigenvalue weighted by Gasteiger charge is -2.14. The minimum absolute atomic E-state index is 0.0282. The van der Waals surface area contributed by atoms with Gasteiger partial charge in [-0.15, -0.1) is 0 Å². The molecule has 14 heavy (non-hydrogen) atoms. The number of sulfone groups is 1. The van der Waals surface area contributed by atoms with Crippen LogP contribution in [0.3, 0.4) is 0 Å². The Labute approximate surface area is 85.7 Å². The number of hydrogen-bond acceptors (Lipinski definition) is 5. The second-order valence-corrected chi connectivity index (χ2v) is 5.41. The van der Waals surface area contributed by atoms with Crippen molar-refractivity contribution in [1.82, 2.24) is 5.32 Å². The smallest absolute Gasteiger partial charge is 0.148 e. The first-order valence-electron chi connectivity index (χ1n) is 4.39. The lowest BCUT2D eigenvalue weighted by atomic mass is 10.4. The van der Waals surface area contributed by atoms with E-state index in [1.807, 2.05) is 0 Å². The molecule has 0 fully saturated rings. The third-order valence-electron chi connectivity index (χ3n) is 1.71. The summed E-state index contributed by atoms with van der Waals surface area (Å²) >= 11 is 0. The molecule has 1 N–H and O–H groups in total. The SMILES string of the molecule is COCC(CNCCS(C)(=O)=O)OC. The number of rotatable bonds is 8. The molecule has 0 saturated carbocycles. The lowest BCUT2D eigenvalue weighted by Crippen LogP contribution is -2.34. The maximum Gasteiger partial charge on any atom is 0.148 e. The van der Waals surface area contributed by atoms with Crippen LogP contribution in [0, 0.1) is 0 Å². The molecule has 0 aliphatic heterocycles. The van der Waals surface area contributed by atoms with Gasteiger partial charge in [0.1, 0.15) is 9.84 Å². The van der Waals surface area contributed by atoms with Gasteiger partial charge in [0.15, 0.2) is 0 Å². The summed E-state index contributed by atoms with van der Waals surface area (Å²) < 4.78 is 31.5. The van der Waals surface area contributed by atoms with E-state index in [2.05, 4.69) is 5.32 Å². The Morgan fingerprint density at radius 1 is 1.36 bits per heavy atom. The molecule has 6 heteroatoms. The zero-order valence-corrected chi connectivity index (χ0v) is 9.76. The zero-order valence-electron chi connectivity index (χ0n) is 8.95. The fraction of sp³-hybridized carbons (Fsp3) is 1.00. The third kappa shape index (κ3) is 8.43. The minimum atomic E-state index is -2.88. The van der Waals surface area contributed by atoms with Crippen molar-refractivity contribution in [2.75, 3.05) is 45.9 Å². The predicted octanol–water partition coefficient (Wildman–Crippen LogP) is -0.718. The van der Waals surface area contributed by atoms with Gasteiger partial charge in [-0.2, -0.15) is 0 Å². The molecule has 1 unspecified atom stereocenters. The summed E-state index contributed by atoms with van der Waals surface area (Å²) in [7, 11) is 0.323. The first kappa shape index (κ1) is 13.8. The summed E-state index contributed by atoms with van der Waals surface area (Å²) in [6.07, 6.45) is 1.19. The maximum atomic E-state index is 10.8. The molecule has 0 aliphatic carbocycles. The van der Waals surface area contributed by atoms with Crippen LogP contribution in [0.25, 0.3) is 0 Å². The van der Waals surface area contributed by atoms with Crippen LogP contribution in [0.5, 0.6) is 0 Å². The van der Waals surface area contributed by atoms with Gasteiger partial charge >= 0.3 is 0 Å². The Morgan fingerprint density at radius 3 is 2.43 bits per heavy atom. The third-order valence-corrected chi connectivity index (χ3v) is 2.65. The van der Waals surface area contributed by atoms with Crippen molar-refractivity contribution < 1.29 is 17.9 Å². The van der Waals surface area contributed by atoms with Gasteiger partial charge < -0.3 is 14.8 Å². The molecule has 0 rings (SSSR count). The van der Waals surface area contributed by atoms with E-state index in [0.29, 0.717) is 19.7 Å². The molecule has 86 valence electrons. The largest absolute Gasteiger partial charge is 0.382 e. The molecule has 0 amide bonds. The Morgan fingerprint density at radius 2 is 2.00 bits per heavy atom. The highest BCUT2D eigenvalue weighted by Gasteiger charge is 2.06. The van der Waals surface area contributed by atoms with Crippen molar-refractivity contribution >= 4 is 9.84 Å². The number of ether oxygens (including phenoxy) is 2. The zero-order chi connectivity index (χ0) is 11.0. The highest BCUT2D eigenvalue weighted by Crippen LogP contribution is 1.88. The Balaban J connectivity index is 3.52. The molecule has 0 spiro atoms. The van der Waals surface area contributed by atoms with Gasteiger partial charge in [-0.1, -0.05) is 0 Å². The van der Waals surface area contributed by atoms with Crippen molar-refractivity contribution in [2.45, 2.75) is 6.10 Å². The number of nitrogens with one attached hydrogen (secondary N) is 1. The van der Waals surface area contributed by atoms with E-state index in [9.17, 15) is 8.42 Å². The van der Waals surface area contributed by atoms with Crippen LogP contribution in [0.15, 0.2) is 0 Å². The van der Waals surface area contributed by atoms with E-state index in [0.717, 1.165) is 0 Å². The lowest BCUT2D eigenvalue weighted by molar-refractivity contribution is 0.0293. The molecule has 0 heterocycles. The summed E-state index contributed by atoms with van der Waals surface area (Å²) in [6.45, 7) is 1.55. The molecule has 5 nitrogen and oxygen atoms in total. The fourth-order valence-electron chi connectivity index (χ4n) is 0.917. The van der Waals surface area contributed by atoms with E-state index >= 15 is 0 Å². The van der Waals surface area contributed by atoms with Gasteiger partial charge in [0, 0.05) is 33.6 Å². The first-order chi connectivity index (χ1) is 6.49. The topological polar surface area (TPSA) is 64.6 Å². The average molecular weight is 225 g/mol. The standard InChI is InChI=1S/C8H19NO4S/c1-12-7-8(13-2)6-9-4-5-14(3,10)11/h8-9H,4-7H2,1-3H3. The van der Waals surface area contributed by atoms with Gasteiger partial charge in [-0.25, -0.2) is 8.42 Å². The van der Waals surface area contributed by atoms with Gasteiger partial charge in [-0.05, 0) is 0 Å². The van der Waals surface area contributed by atoms with Crippen LogP contribution < -0.4 is 5.32 Å². The van der Waals surface area contributed by atoms with E-state index in [4.69, 9.17) is 9.47 Å². The van der Waals surface area contributed by atoms with Crippen molar-refractivity contribution in [2.24, 2.45) is 0 Å². The normalized spacial score (nSPS) is 14.2. The summed E-state index contributed by atoms with van der Waals surface area (Å²) in [6, 6.07) is 0. The summed E-state index contributed by atoms with van der Waals surface area (Å²) in [5.74, 6) is 0.149. The molecule has 0 aromatic rings. The Bertz CT molecular complexity index is 227. The van der Waals surface area contributed by atoms with Crippen molar-refractivity contribution in [3.63, 3.8) is 0 Å². The molecule has 0 aromatic heterocycles. The molecule has 0 bridgehead atoms. The molecular formula is C8H19NO4S. The fourth-order valence-corrected chi connectivity index (χ4v) is 1.43. The van der Waals surface area contributed by atoms with Crippen LogP contribution in [0.1, 0.15) is 0 Å². The van der Waals surface area contributed by atoms with Gasteiger partial charge in [0.05, 0.1) is 18.5 Å². The Kier molecular flexibility index (Phi) is 7.08. The minimum Gasteiger partial charge on any atom is -0.382 e. The summed E-state index contributed by atoms with van der Waals surface area (Å²) in [5, 5.41) is 2.99. The van der Waals surface area contributed by atoms with Crippen LogP contribution in [0.4, 0.5) is 0 Å². The molecular weight excluding hydrogens is 206 g/mol. The van der Waals surface area contributed by atoms with Gasteiger partial charge in [0.25, 0.3) is 0 Å². The molecule has 0 radical (unpaired) electrons. The van der Waals surface area contributed by atoms with Gasteiger partial charge in [0.2, 0.25) is 0 Å². The average Bonchev–Trinajstić information content (AvgIpc) is 2.08. The quantitative estimate of drug-likeness (QED) is 0.552. The van der Waals surface area contributed by atoms with Crippen molar-refractivity contribution in [1.29, 1.82) is 0 Å². The van der Waals surface area contributed by atoms with E-state index < -0.39 is 9.84 Å². The second-order valence-electron chi connectivity index (χ2n) is 3.15. The van der Waals surface area contributed by atoms with Crippen LogP contribution in [-0.2, 0) is 19.3 Å². The molecule has 0 aliphatic rings. The van der Waals surface area contributed by atoms with Gasteiger partial charge in [-0.3, -0.25) is 0 Å². The number of hydrogen-bond donors (Lipinski definition) is 1. The van der Waals surface area contributed by atoms with E-state index in [1.165, 1.54) is 6.26 Å². The summed E-state index contributed by atoms with van der Waals surface area (Å²) in [4.78, 5) is 0. The van der Waals surface area contributed by atoms with Crippen molar-refractivity contribution in [3.05, 3.63) is 0 Å². The highest BCUT2D eigenvalue weighted by atomic mass is 32.2. The monoisotopic (exact) mass is 225 g/mol.